The molecule has 8 heteroatoms. The molecule has 0 saturated heterocycles. The van der Waals surface area contributed by atoms with E-state index in [1.165, 1.54) is 288 Å². The highest BCUT2D eigenvalue weighted by atomic mass is 31.2. The predicted octanol–water partition coefficient (Wildman–Crippen LogP) is 28.9. The van der Waals surface area contributed by atoms with Crippen LogP contribution in [-0.2, 0) is 51.4 Å². The summed E-state index contributed by atoms with van der Waals surface area (Å²) in [5.41, 5.74) is 14.5. The van der Waals surface area contributed by atoms with Gasteiger partial charge < -0.3 is 18.1 Å². The Hall–Kier alpha value is -3.20. The summed E-state index contributed by atoms with van der Waals surface area (Å²) in [5, 5.41) is 0. The lowest BCUT2D eigenvalue weighted by Gasteiger charge is -2.25. The van der Waals surface area contributed by atoms with E-state index in [9.17, 15) is 0 Å². The summed E-state index contributed by atoms with van der Waals surface area (Å²) in [5.74, 6) is 3.02. The normalized spacial score (nSPS) is 13.1. The topological polar surface area (TPSA) is 36.9 Å². The fraction of sp³-hybridized carbons (Fsp3) is 0.707. The maximum absolute atomic E-state index is 16.0. The zero-order chi connectivity index (χ0) is 64.2. The second kappa shape index (κ2) is 48.5. The van der Waals surface area contributed by atoms with Gasteiger partial charge in [-0.3, -0.25) is 0 Å². The second-order valence-corrected chi connectivity index (χ2v) is 29.3. The molecule has 0 amide bonds. The lowest BCUT2D eigenvalue weighted by atomic mass is 9.90. The summed E-state index contributed by atoms with van der Waals surface area (Å²) >= 11 is 0. The SMILES string of the molecule is CCCCCCCCCc1cc(C)cc2c1OP(F)Oc1c(CCCCCCCCC)cc(C)cc1C2.CCCCCCCCCc1cc(CCCCCCCCC)c2c(c1)Cc1cc(CCCCCCCCC)cc(CCCCCCCCC)c1OP(F)O2. The predicted molar refractivity (Wildman–Crippen MR) is 390 cm³/mol. The molecule has 0 radical (unpaired) electrons. The van der Waals surface area contributed by atoms with Gasteiger partial charge in [0, 0.05) is 12.8 Å². The molecule has 0 N–H and O–H groups in total. The molecule has 6 rings (SSSR count). The highest BCUT2D eigenvalue weighted by molar-refractivity contribution is 7.42. The van der Waals surface area contributed by atoms with Crippen LogP contribution in [0.2, 0.25) is 0 Å². The Balaban J connectivity index is 0.000000348. The first kappa shape index (κ1) is 77.5. The Morgan fingerprint density at radius 3 is 0.700 bits per heavy atom. The van der Waals surface area contributed by atoms with Gasteiger partial charge in [0.15, 0.2) is 0 Å². The fourth-order valence-electron chi connectivity index (χ4n) is 13.9. The second-order valence-electron chi connectivity index (χ2n) is 27.7. The van der Waals surface area contributed by atoms with Crippen LogP contribution in [0, 0.1) is 13.8 Å². The summed E-state index contributed by atoms with van der Waals surface area (Å²) in [6, 6.07) is 18.2. The van der Waals surface area contributed by atoms with Gasteiger partial charge in [-0.1, -0.05) is 332 Å². The Bertz CT molecular complexity index is 2340. The minimum absolute atomic E-state index is 0.727. The molecular weight excluding hydrogens is 1150 g/mol. The molecule has 0 unspecified atom stereocenters. The molecule has 2 aliphatic heterocycles. The Kier molecular flexibility index (Phi) is 41.8. The van der Waals surface area contributed by atoms with Gasteiger partial charge in [-0.2, -0.15) is 0 Å². The molecule has 90 heavy (non-hydrogen) atoms. The van der Waals surface area contributed by atoms with Crippen molar-refractivity contribution in [3.63, 3.8) is 0 Å². The third-order valence-corrected chi connectivity index (χ3v) is 20.4. The number of aryl methyl sites for hydroxylation is 8. The van der Waals surface area contributed by atoms with Crippen molar-refractivity contribution in [2.75, 3.05) is 0 Å². The minimum atomic E-state index is -2.56. The average molecular weight is 1280 g/mol. The van der Waals surface area contributed by atoms with Crippen molar-refractivity contribution in [1.29, 1.82) is 0 Å². The van der Waals surface area contributed by atoms with Crippen LogP contribution in [0.4, 0.5) is 8.39 Å². The Morgan fingerprint density at radius 2 is 0.456 bits per heavy atom. The molecule has 0 aliphatic carbocycles. The molecule has 0 aromatic heterocycles. The van der Waals surface area contributed by atoms with Crippen molar-refractivity contribution in [3.05, 3.63) is 115 Å². The molecule has 508 valence electrons. The molecular formula is C82H132F2O4P2. The average Bonchev–Trinajstić information content (AvgIpc) is 1.75. The van der Waals surface area contributed by atoms with E-state index in [0.29, 0.717) is 0 Å². The summed E-state index contributed by atoms with van der Waals surface area (Å²) in [6.07, 6.45) is 61.6. The monoisotopic (exact) mass is 1280 g/mol. The van der Waals surface area contributed by atoms with E-state index < -0.39 is 17.4 Å². The van der Waals surface area contributed by atoms with E-state index in [1.54, 1.807) is 0 Å². The van der Waals surface area contributed by atoms with Crippen LogP contribution in [0.3, 0.4) is 0 Å². The quantitative estimate of drug-likeness (QED) is 0.0326. The molecule has 0 fully saturated rings. The smallest absolute Gasteiger partial charge is 0.414 e. The van der Waals surface area contributed by atoms with E-state index in [2.05, 4.69) is 104 Å². The summed E-state index contributed by atoms with van der Waals surface area (Å²) in [4.78, 5) is 0. The van der Waals surface area contributed by atoms with Crippen molar-refractivity contribution in [2.45, 2.75) is 376 Å². The van der Waals surface area contributed by atoms with Gasteiger partial charge in [-0.05, 0) is 147 Å². The molecule has 0 atom stereocenters. The van der Waals surface area contributed by atoms with Crippen LogP contribution < -0.4 is 18.1 Å². The van der Waals surface area contributed by atoms with Gasteiger partial charge in [-0.25, -0.2) is 0 Å². The van der Waals surface area contributed by atoms with Crippen molar-refractivity contribution < 1.29 is 26.5 Å². The first-order valence-electron chi connectivity index (χ1n) is 38.3. The standard InChI is InChI=1S/C49H82FO2P.C33H50FO2P/c1-5-9-13-17-21-25-29-33-42-37-44(35-31-27-23-19-15-11-7-3)48-46(39-42)41-47-40-43(34-30-26-22-18-14-10-6-2)38-45(49(47)52-53(50)51-48)36-32-28-24-20-16-12-8-4;1-5-7-9-11-13-15-17-19-28-21-26(3)23-30-25-31-24-27(4)22-29(20-18-16-14-12-10-8-6-2)33(31)36-37(34)35-32(28)30/h37-40H,5-36,41H2,1-4H3;21-24H,5-20,25H2,1-4H3. The number of benzene rings is 4. The zero-order valence-corrected chi connectivity index (χ0v) is 61.0. The van der Waals surface area contributed by atoms with Crippen LogP contribution in [-0.4, -0.2) is 0 Å². The highest BCUT2D eigenvalue weighted by Crippen LogP contribution is 2.52. The summed E-state index contributed by atoms with van der Waals surface area (Å²) in [7, 11) is -5.08. The maximum atomic E-state index is 16.0. The number of hydrogen-bond acceptors (Lipinski definition) is 4. The van der Waals surface area contributed by atoms with E-state index in [4.69, 9.17) is 18.1 Å². The third kappa shape index (κ3) is 30.9. The highest BCUT2D eigenvalue weighted by Gasteiger charge is 2.29. The van der Waals surface area contributed by atoms with E-state index in [1.807, 2.05) is 0 Å². The molecule has 0 bridgehead atoms. The van der Waals surface area contributed by atoms with Crippen LogP contribution in [0.5, 0.6) is 23.0 Å². The van der Waals surface area contributed by atoms with E-state index >= 15 is 8.39 Å². The maximum Gasteiger partial charge on any atom is 0.505 e. The number of halogens is 2. The first-order chi connectivity index (χ1) is 44.1. The molecule has 2 aliphatic rings. The number of fused-ring (bicyclic) bond motifs is 4. The summed E-state index contributed by atoms with van der Waals surface area (Å²) in [6.45, 7) is 17.9. The van der Waals surface area contributed by atoms with Crippen molar-refractivity contribution in [2.24, 2.45) is 0 Å². The lowest BCUT2D eigenvalue weighted by molar-refractivity contribution is 0.422. The van der Waals surface area contributed by atoms with E-state index in [0.717, 1.165) is 122 Å². The van der Waals surface area contributed by atoms with Gasteiger partial charge in [0.05, 0.1) is 0 Å². The van der Waals surface area contributed by atoms with Crippen molar-refractivity contribution in [1.82, 2.24) is 0 Å². The van der Waals surface area contributed by atoms with Crippen LogP contribution in [0.1, 0.15) is 378 Å². The lowest BCUT2D eigenvalue weighted by Crippen LogP contribution is -2.09. The van der Waals surface area contributed by atoms with Gasteiger partial charge in [0.2, 0.25) is 0 Å². The number of hydrogen-bond donors (Lipinski definition) is 0. The van der Waals surface area contributed by atoms with Gasteiger partial charge in [-0.15, -0.1) is 8.39 Å². The van der Waals surface area contributed by atoms with Crippen LogP contribution >= 0.6 is 17.4 Å². The molecule has 4 nitrogen and oxygen atoms in total. The summed E-state index contributed by atoms with van der Waals surface area (Å²) < 4.78 is 55.7. The third-order valence-electron chi connectivity index (χ3n) is 19.1. The Labute approximate surface area is 555 Å². The zero-order valence-electron chi connectivity index (χ0n) is 59.3. The van der Waals surface area contributed by atoms with Crippen LogP contribution in [0.25, 0.3) is 0 Å². The molecule has 4 aromatic carbocycles. The van der Waals surface area contributed by atoms with Gasteiger partial charge >= 0.3 is 17.4 Å². The molecule has 0 saturated carbocycles. The molecule has 2 heterocycles. The number of unbranched alkanes of at least 4 members (excludes halogenated alkanes) is 36. The van der Waals surface area contributed by atoms with E-state index in [-0.39, 0.29) is 0 Å². The number of rotatable bonds is 48. The minimum Gasteiger partial charge on any atom is -0.414 e. The van der Waals surface area contributed by atoms with Crippen molar-refractivity contribution in [3.8, 4) is 23.0 Å². The Morgan fingerprint density at radius 1 is 0.256 bits per heavy atom. The largest absolute Gasteiger partial charge is 0.505 e. The molecule has 4 aromatic rings. The fourth-order valence-corrected chi connectivity index (χ4v) is 15.5. The van der Waals surface area contributed by atoms with Gasteiger partial charge in [0.1, 0.15) is 23.0 Å². The van der Waals surface area contributed by atoms with Gasteiger partial charge in [0.25, 0.3) is 0 Å². The first-order valence-corrected chi connectivity index (χ1v) is 40.4. The van der Waals surface area contributed by atoms with Crippen molar-refractivity contribution >= 4 is 17.4 Å². The van der Waals surface area contributed by atoms with Crippen LogP contribution in [0.15, 0.2) is 48.5 Å². The molecule has 0 spiro atoms.